The largest absolute Gasteiger partial charge is 0.543 e. The molecule has 0 aromatic carbocycles. The van der Waals surface area contributed by atoms with Gasteiger partial charge in [0.15, 0.2) is 0 Å². The molecule has 4 nitrogen and oxygen atoms in total. The molecule has 0 aliphatic carbocycles. The molecule has 0 amide bonds. The van der Waals surface area contributed by atoms with E-state index in [0.717, 1.165) is 0 Å². The SMILES string of the molecule is C[N+](C)(C)CCC[N-]S(=O)(=O)C(F)(F)C(F)(F)C(F)(F)F. The number of halogens is 7. The van der Waals surface area contributed by atoms with Crippen LogP contribution in [0.15, 0.2) is 0 Å². The highest BCUT2D eigenvalue weighted by atomic mass is 32.2. The van der Waals surface area contributed by atoms with E-state index < -0.39 is 33.9 Å². The smallest absolute Gasteiger partial charge is 0.461 e. The Hall–Kier alpha value is -0.620. The molecule has 0 aliphatic heterocycles. The maximum atomic E-state index is 13.0. The van der Waals surface area contributed by atoms with Crippen LogP contribution >= 0.6 is 0 Å². The van der Waals surface area contributed by atoms with Crippen LogP contribution in [0, 0.1) is 0 Å². The van der Waals surface area contributed by atoms with Gasteiger partial charge in [-0.1, -0.05) is 0 Å². The summed E-state index contributed by atoms with van der Waals surface area (Å²) in [6.07, 6.45) is -6.78. The first-order valence-corrected chi connectivity index (χ1v) is 6.96. The second kappa shape index (κ2) is 5.88. The van der Waals surface area contributed by atoms with Crippen LogP contribution in [0.2, 0.25) is 0 Å². The number of quaternary nitrogens is 1. The van der Waals surface area contributed by atoms with Crippen molar-refractivity contribution in [1.82, 2.24) is 0 Å². The number of rotatable bonds is 7. The molecule has 21 heavy (non-hydrogen) atoms. The van der Waals surface area contributed by atoms with E-state index in [1.165, 1.54) is 0 Å². The molecule has 0 spiro atoms. The van der Waals surface area contributed by atoms with Gasteiger partial charge in [0, 0.05) is 0 Å². The van der Waals surface area contributed by atoms with Gasteiger partial charge in [-0.2, -0.15) is 30.7 Å². The lowest BCUT2D eigenvalue weighted by Crippen LogP contribution is -2.55. The molecular weight excluding hydrogens is 333 g/mol. The molecule has 0 saturated heterocycles. The van der Waals surface area contributed by atoms with Gasteiger partial charge in [0.1, 0.15) is 10.0 Å². The Bertz CT molecular complexity index is 454. The van der Waals surface area contributed by atoms with Gasteiger partial charge in [-0.05, 0) is 6.42 Å². The third-order valence-corrected chi connectivity index (χ3v) is 3.72. The average molecular weight is 348 g/mol. The molecule has 0 rings (SSSR count). The maximum Gasteiger partial charge on any atom is 0.461 e. The molecular formula is C9H15F7N2O2S. The van der Waals surface area contributed by atoms with Crippen LogP contribution < -0.4 is 0 Å². The molecule has 0 radical (unpaired) electrons. The summed E-state index contributed by atoms with van der Waals surface area (Å²) in [5, 5.41) is -6.35. The minimum Gasteiger partial charge on any atom is -0.543 e. The van der Waals surface area contributed by atoms with Crippen LogP contribution in [0.5, 0.6) is 0 Å². The van der Waals surface area contributed by atoms with E-state index in [4.69, 9.17) is 0 Å². The van der Waals surface area contributed by atoms with Crippen LogP contribution in [0.3, 0.4) is 0 Å². The van der Waals surface area contributed by atoms with Crippen molar-refractivity contribution in [2.45, 2.75) is 23.8 Å². The van der Waals surface area contributed by atoms with E-state index in [1.807, 2.05) is 0 Å². The first kappa shape index (κ1) is 20.4. The quantitative estimate of drug-likeness (QED) is 0.403. The fraction of sp³-hybridized carbons (Fsp3) is 1.00. The van der Waals surface area contributed by atoms with Crippen LogP contribution in [0.25, 0.3) is 4.72 Å². The number of sulfonamides is 1. The van der Waals surface area contributed by atoms with E-state index in [-0.39, 0.29) is 13.0 Å². The molecule has 0 saturated carbocycles. The van der Waals surface area contributed by atoms with Gasteiger partial charge >= 0.3 is 17.4 Å². The highest BCUT2D eigenvalue weighted by molar-refractivity contribution is 7.95. The Morgan fingerprint density at radius 2 is 1.38 bits per heavy atom. The normalized spacial score (nSPS) is 15.3. The van der Waals surface area contributed by atoms with Crippen molar-refractivity contribution >= 4 is 10.0 Å². The van der Waals surface area contributed by atoms with Gasteiger partial charge < -0.3 is 9.21 Å². The molecule has 0 fully saturated rings. The van der Waals surface area contributed by atoms with Gasteiger partial charge in [0.05, 0.1) is 27.7 Å². The Morgan fingerprint density at radius 3 is 1.71 bits per heavy atom. The average Bonchev–Trinajstić information content (AvgIpc) is 2.21. The van der Waals surface area contributed by atoms with Crippen molar-refractivity contribution in [2.24, 2.45) is 0 Å². The summed E-state index contributed by atoms with van der Waals surface area (Å²) in [5.74, 6) is -6.72. The first-order chi connectivity index (χ1) is 8.96. The summed E-state index contributed by atoms with van der Waals surface area (Å²) in [4.78, 5) is 0. The highest BCUT2D eigenvalue weighted by Gasteiger charge is 2.76. The highest BCUT2D eigenvalue weighted by Crippen LogP contribution is 2.50. The monoisotopic (exact) mass is 348 g/mol. The summed E-state index contributed by atoms with van der Waals surface area (Å²) >= 11 is 0. The Labute approximate surface area is 117 Å². The fourth-order valence-corrected chi connectivity index (χ4v) is 2.11. The standard InChI is InChI=1S/C9H15F7N2O2S/c1-18(2,3)6-4-5-17-21(19,20)9(15,16)7(10,11)8(12,13)14/h4-6H2,1-3H3. The molecule has 0 aromatic rings. The van der Waals surface area contributed by atoms with Crippen molar-refractivity contribution in [3.8, 4) is 0 Å². The first-order valence-electron chi connectivity index (χ1n) is 5.52. The van der Waals surface area contributed by atoms with E-state index in [9.17, 15) is 39.2 Å². The molecule has 128 valence electrons. The van der Waals surface area contributed by atoms with Crippen LogP contribution in [-0.4, -0.2) is 64.5 Å². The van der Waals surface area contributed by atoms with Gasteiger partial charge in [0.25, 0.3) is 0 Å². The number of nitrogens with zero attached hydrogens (tertiary/aromatic N) is 2. The number of hydrogen-bond acceptors (Lipinski definition) is 2. The zero-order chi connectivity index (χ0) is 17.3. The minimum atomic E-state index is -6.72. The Balaban J connectivity index is 4.99. The summed E-state index contributed by atoms with van der Waals surface area (Å²) in [7, 11) is -1.26. The van der Waals surface area contributed by atoms with Crippen molar-refractivity contribution in [3.63, 3.8) is 0 Å². The van der Waals surface area contributed by atoms with Crippen LogP contribution in [0.1, 0.15) is 6.42 Å². The van der Waals surface area contributed by atoms with E-state index in [2.05, 4.69) is 4.72 Å². The van der Waals surface area contributed by atoms with E-state index in [0.29, 0.717) is 4.48 Å². The lowest BCUT2D eigenvalue weighted by atomic mass is 10.3. The van der Waals surface area contributed by atoms with Crippen molar-refractivity contribution in [1.29, 1.82) is 0 Å². The Morgan fingerprint density at radius 1 is 0.952 bits per heavy atom. The van der Waals surface area contributed by atoms with Crippen molar-refractivity contribution in [3.05, 3.63) is 4.72 Å². The molecule has 12 heteroatoms. The third-order valence-electron chi connectivity index (χ3n) is 2.29. The van der Waals surface area contributed by atoms with Crippen molar-refractivity contribution < 1.29 is 43.6 Å². The molecule has 0 N–H and O–H groups in total. The predicted octanol–water partition coefficient (Wildman–Crippen LogP) is 2.58. The molecule has 0 heterocycles. The maximum absolute atomic E-state index is 13.0. The third kappa shape index (κ3) is 4.68. The second-order valence-corrected chi connectivity index (χ2v) is 7.01. The van der Waals surface area contributed by atoms with E-state index in [1.54, 1.807) is 21.1 Å². The van der Waals surface area contributed by atoms with Gasteiger partial charge in [-0.15, -0.1) is 6.54 Å². The van der Waals surface area contributed by atoms with E-state index >= 15 is 0 Å². The lowest BCUT2D eigenvalue weighted by Gasteiger charge is -2.33. The summed E-state index contributed by atoms with van der Waals surface area (Å²) in [5.41, 5.74) is 0. The zero-order valence-electron chi connectivity index (χ0n) is 11.4. The second-order valence-electron chi connectivity index (χ2n) is 5.28. The molecule has 0 aliphatic rings. The summed E-state index contributed by atoms with van der Waals surface area (Å²) in [6, 6.07) is 0. The minimum absolute atomic E-state index is 0.0730. The van der Waals surface area contributed by atoms with Gasteiger partial charge in [0.2, 0.25) is 0 Å². The molecule has 0 unspecified atom stereocenters. The van der Waals surface area contributed by atoms with Crippen LogP contribution in [-0.2, 0) is 10.0 Å². The Kier molecular flexibility index (Phi) is 5.70. The van der Waals surface area contributed by atoms with Crippen molar-refractivity contribution in [2.75, 3.05) is 34.2 Å². The molecule has 0 aromatic heterocycles. The topological polar surface area (TPSA) is 48.2 Å². The lowest BCUT2D eigenvalue weighted by molar-refractivity contribution is -0.870. The number of alkyl halides is 7. The summed E-state index contributed by atoms with van der Waals surface area (Å²) in [6.45, 7) is -0.540. The number of hydrogen-bond donors (Lipinski definition) is 0. The van der Waals surface area contributed by atoms with Gasteiger partial charge in [-0.25, -0.2) is 8.42 Å². The fourth-order valence-electron chi connectivity index (χ4n) is 1.14. The predicted molar refractivity (Wildman–Crippen MR) is 60.6 cm³/mol. The molecule has 0 bridgehead atoms. The van der Waals surface area contributed by atoms with Crippen LogP contribution in [0.4, 0.5) is 30.7 Å². The summed E-state index contributed by atoms with van der Waals surface area (Å²) < 4.78 is 111. The zero-order valence-corrected chi connectivity index (χ0v) is 12.2. The molecule has 0 atom stereocenters. The van der Waals surface area contributed by atoms with Gasteiger partial charge in [-0.3, -0.25) is 0 Å².